The first-order chi connectivity index (χ1) is 11.8. The summed E-state index contributed by atoms with van der Waals surface area (Å²) in [6.45, 7) is 0.513. The zero-order valence-electron chi connectivity index (χ0n) is 14.1. The average molecular weight is 334 g/mol. The number of benzene rings is 2. The molecular formula is C22H23OP. The molecule has 0 atom stereocenters. The molecule has 0 amide bonds. The summed E-state index contributed by atoms with van der Waals surface area (Å²) in [4.78, 5) is 11.6. The van der Waals surface area contributed by atoms with Crippen molar-refractivity contribution in [2.45, 2.75) is 19.8 Å². The van der Waals surface area contributed by atoms with Crippen LogP contribution in [0.15, 0.2) is 85.0 Å². The first-order valence-corrected chi connectivity index (χ1v) is 10.5. The van der Waals surface area contributed by atoms with Crippen LogP contribution in [-0.4, -0.2) is 17.2 Å². The van der Waals surface area contributed by atoms with Crippen molar-refractivity contribution in [2.75, 3.05) is 6.16 Å². The average Bonchev–Trinajstić information content (AvgIpc) is 2.65. The van der Waals surface area contributed by atoms with Crippen LogP contribution in [0.5, 0.6) is 0 Å². The molecule has 0 spiro atoms. The standard InChI is InChI=1S/C22H23OP/c1-2-3-18-24(20-10-6-4-7-11-20,21-12-8-5-9-13-21)22-16-14-19(23)15-17-22/h4-17H,2-3,18H2,1H3. The third-order valence-electron chi connectivity index (χ3n) is 4.52. The van der Waals surface area contributed by atoms with Gasteiger partial charge in [-0.2, -0.15) is 0 Å². The van der Waals surface area contributed by atoms with Gasteiger partial charge in [-0.05, 0) is 47.5 Å². The zero-order valence-corrected chi connectivity index (χ0v) is 15.0. The maximum atomic E-state index is 11.6. The number of unbranched alkanes of at least 4 members (excludes halogenated alkanes) is 1. The van der Waals surface area contributed by atoms with Crippen LogP contribution in [0.4, 0.5) is 0 Å². The largest absolute Gasteiger partial charge is 0.290 e. The van der Waals surface area contributed by atoms with E-state index >= 15 is 0 Å². The van der Waals surface area contributed by atoms with E-state index in [1.807, 2.05) is 12.2 Å². The van der Waals surface area contributed by atoms with Gasteiger partial charge in [0.15, 0.2) is 5.78 Å². The van der Waals surface area contributed by atoms with Gasteiger partial charge in [0.25, 0.3) is 0 Å². The third-order valence-corrected chi connectivity index (χ3v) is 9.04. The van der Waals surface area contributed by atoms with Gasteiger partial charge < -0.3 is 0 Å². The number of carbonyl (C=O) groups is 1. The van der Waals surface area contributed by atoms with Crippen molar-refractivity contribution in [3.8, 4) is 0 Å². The molecule has 1 aliphatic rings. The molecule has 122 valence electrons. The number of allylic oxidation sites excluding steroid dienone is 4. The molecule has 0 aliphatic heterocycles. The fourth-order valence-corrected chi connectivity index (χ4v) is 7.78. The minimum atomic E-state index is -1.73. The van der Waals surface area contributed by atoms with Crippen molar-refractivity contribution in [3.63, 3.8) is 0 Å². The normalized spacial score (nSPS) is 14.2. The Morgan fingerprint density at radius 2 is 1.25 bits per heavy atom. The summed E-state index contributed by atoms with van der Waals surface area (Å²) >= 11 is 0. The highest BCUT2D eigenvalue weighted by atomic mass is 31.2. The Morgan fingerprint density at radius 1 is 0.750 bits per heavy atom. The topological polar surface area (TPSA) is 17.1 Å². The van der Waals surface area contributed by atoms with Crippen molar-refractivity contribution in [1.29, 1.82) is 0 Å². The first-order valence-electron chi connectivity index (χ1n) is 8.54. The van der Waals surface area contributed by atoms with E-state index in [1.165, 1.54) is 28.7 Å². The lowest BCUT2D eigenvalue weighted by atomic mass is 10.2. The molecule has 2 heteroatoms. The van der Waals surface area contributed by atoms with Crippen molar-refractivity contribution in [3.05, 3.63) is 85.0 Å². The second-order valence-electron chi connectivity index (χ2n) is 6.05. The summed E-state index contributed by atoms with van der Waals surface area (Å²) in [7, 11) is 0. The Hall–Kier alpha value is -2.11. The molecule has 0 saturated carbocycles. The van der Waals surface area contributed by atoms with Gasteiger partial charge in [0, 0.05) is 0 Å². The van der Waals surface area contributed by atoms with Gasteiger partial charge in [0.2, 0.25) is 0 Å². The summed E-state index contributed by atoms with van der Waals surface area (Å²) in [5.74, 6) is 0.0773. The quantitative estimate of drug-likeness (QED) is 0.744. The van der Waals surface area contributed by atoms with E-state index in [0.29, 0.717) is 0 Å². The fraction of sp³-hybridized carbons (Fsp3) is 0.182. The van der Waals surface area contributed by atoms with E-state index in [4.69, 9.17) is 0 Å². The monoisotopic (exact) mass is 334 g/mol. The minimum Gasteiger partial charge on any atom is -0.290 e. The number of hydrogen-bond acceptors (Lipinski definition) is 1. The molecule has 24 heavy (non-hydrogen) atoms. The lowest BCUT2D eigenvalue weighted by Crippen LogP contribution is -2.24. The van der Waals surface area contributed by atoms with E-state index in [-0.39, 0.29) is 5.78 Å². The van der Waals surface area contributed by atoms with E-state index in [1.54, 1.807) is 12.2 Å². The van der Waals surface area contributed by atoms with E-state index in [0.717, 1.165) is 6.16 Å². The van der Waals surface area contributed by atoms with E-state index in [2.05, 4.69) is 67.6 Å². The predicted octanol–water partition coefficient (Wildman–Crippen LogP) is 4.32. The van der Waals surface area contributed by atoms with Crippen LogP contribution in [0.2, 0.25) is 0 Å². The summed E-state index contributed by atoms with van der Waals surface area (Å²) in [5.41, 5.74) is 0. The Kier molecular flexibility index (Phi) is 5.33. The number of carbonyl (C=O) groups excluding carboxylic acids is 1. The molecule has 0 unspecified atom stereocenters. The van der Waals surface area contributed by atoms with Gasteiger partial charge in [0.05, 0.1) is 0 Å². The van der Waals surface area contributed by atoms with Gasteiger partial charge >= 0.3 is 0 Å². The number of hydrogen-bond donors (Lipinski definition) is 0. The van der Waals surface area contributed by atoms with Gasteiger partial charge in [-0.3, -0.25) is 4.79 Å². The molecule has 0 radical (unpaired) electrons. The van der Waals surface area contributed by atoms with Crippen molar-refractivity contribution >= 4 is 28.6 Å². The smallest absolute Gasteiger partial charge is 0.178 e. The van der Waals surface area contributed by atoms with Gasteiger partial charge in [-0.15, -0.1) is 0 Å². The third kappa shape index (κ3) is 3.23. The second kappa shape index (κ2) is 7.64. The van der Waals surface area contributed by atoms with Gasteiger partial charge in [-0.25, -0.2) is 0 Å². The minimum absolute atomic E-state index is 0.0773. The molecule has 1 nitrogen and oxygen atoms in total. The van der Waals surface area contributed by atoms with Crippen LogP contribution in [-0.2, 0) is 4.79 Å². The van der Waals surface area contributed by atoms with Gasteiger partial charge in [-0.1, -0.05) is 86.2 Å². The molecule has 0 N–H and O–H groups in total. The molecule has 2 aromatic carbocycles. The molecule has 0 bridgehead atoms. The van der Waals surface area contributed by atoms with Crippen LogP contribution < -0.4 is 10.6 Å². The summed E-state index contributed by atoms with van der Waals surface area (Å²) < 4.78 is 0. The highest BCUT2D eigenvalue weighted by Crippen LogP contribution is 2.48. The van der Waals surface area contributed by atoms with Crippen LogP contribution >= 0.6 is 6.89 Å². The maximum absolute atomic E-state index is 11.6. The molecule has 0 saturated heterocycles. The SMILES string of the molecule is CCCCP(=C1C=CC(=O)C=C1)(c1ccccc1)c1ccccc1. The molecule has 0 heterocycles. The molecule has 3 rings (SSSR count). The Bertz CT molecular complexity index is 752. The molecule has 1 aliphatic carbocycles. The van der Waals surface area contributed by atoms with Crippen LogP contribution in [0.25, 0.3) is 0 Å². The van der Waals surface area contributed by atoms with Crippen molar-refractivity contribution in [2.24, 2.45) is 0 Å². The van der Waals surface area contributed by atoms with Crippen LogP contribution in [0.1, 0.15) is 19.8 Å². The Morgan fingerprint density at radius 3 is 1.71 bits per heavy atom. The Balaban J connectivity index is 2.34. The van der Waals surface area contributed by atoms with Gasteiger partial charge in [0.1, 0.15) is 0 Å². The lowest BCUT2D eigenvalue weighted by Gasteiger charge is -2.31. The second-order valence-corrected chi connectivity index (χ2v) is 9.67. The zero-order chi connectivity index (χ0) is 16.8. The maximum Gasteiger partial charge on any atom is 0.178 e. The fourth-order valence-electron chi connectivity index (χ4n) is 3.30. The van der Waals surface area contributed by atoms with Crippen LogP contribution in [0, 0.1) is 0 Å². The van der Waals surface area contributed by atoms with E-state index < -0.39 is 6.89 Å². The van der Waals surface area contributed by atoms with E-state index in [9.17, 15) is 4.79 Å². The molecule has 0 fully saturated rings. The lowest BCUT2D eigenvalue weighted by molar-refractivity contribution is -0.110. The molecule has 0 aromatic heterocycles. The van der Waals surface area contributed by atoms with Crippen molar-refractivity contribution < 1.29 is 4.79 Å². The summed E-state index contributed by atoms with van der Waals surface area (Å²) in [5, 5.41) is 4.08. The summed E-state index contributed by atoms with van der Waals surface area (Å²) in [6.07, 6.45) is 11.0. The summed E-state index contributed by atoms with van der Waals surface area (Å²) in [6, 6.07) is 21.7. The predicted molar refractivity (Wildman–Crippen MR) is 107 cm³/mol. The number of rotatable bonds is 5. The van der Waals surface area contributed by atoms with Crippen molar-refractivity contribution in [1.82, 2.24) is 0 Å². The molecular weight excluding hydrogens is 311 g/mol. The highest BCUT2D eigenvalue weighted by Gasteiger charge is 2.25. The van der Waals surface area contributed by atoms with Crippen LogP contribution in [0.3, 0.4) is 0 Å². The first kappa shape index (κ1) is 16.7. The molecule has 2 aromatic rings. The number of ketones is 1. The Labute approximate surface area is 144 Å². The highest BCUT2D eigenvalue weighted by molar-refractivity contribution is 7.90.